The van der Waals surface area contributed by atoms with Crippen LogP contribution >= 0.6 is 0 Å². The third-order valence-electron chi connectivity index (χ3n) is 4.21. The van der Waals surface area contributed by atoms with Gasteiger partial charge in [-0.1, -0.05) is 0 Å². The summed E-state index contributed by atoms with van der Waals surface area (Å²) in [5, 5.41) is 86.6. The lowest BCUT2D eigenvalue weighted by Gasteiger charge is -2.45. The third-order valence-corrected chi connectivity index (χ3v) is 4.21. The highest BCUT2D eigenvalue weighted by Crippen LogP contribution is 2.29. The summed E-state index contributed by atoms with van der Waals surface area (Å²) in [6, 6.07) is 0. The largest absolute Gasteiger partial charge is 0.394 e. The summed E-state index contributed by atoms with van der Waals surface area (Å²) in [6.07, 6.45) is -18.9. The summed E-state index contributed by atoms with van der Waals surface area (Å²) in [5.41, 5.74) is 0. The lowest BCUT2D eigenvalue weighted by molar-refractivity contribution is -0.339. The van der Waals surface area contributed by atoms with E-state index in [2.05, 4.69) is 0 Å². The second-order valence-corrected chi connectivity index (χ2v) is 5.75. The van der Waals surface area contributed by atoms with E-state index < -0.39 is 73.9 Å². The molecular formula is C12H22O11. The van der Waals surface area contributed by atoms with Crippen molar-refractivity contribution in [1.29, 1.82) is 0 Å². The molecule has 11 nitrogen and oxygen atoms in total. The fraction of sp³-hybridized carbons (Fsp3) is 1.00. The molecule has 0 aromatic carbocycles. The Balaban J connectivity index is 2.13. The average Bonchev–Trinajstić information content (AvgIpc) is 2.54. The van der Waals surface area contributed by atoms with Gasteiger partial charge in [-0.15, -0.1) is 0 Å². The van der Waals surface area contributed by atoms with Crippen LogP contribution in [0.2, 0.25) is 0 Å². The van der Waals surface area contributed by atoms with Crippen molar-refractivity contribution < 1.29 is 55.4 Å². The molecule has 2 fully saturated rings. The van der Waals surface area contributed by atoms with E-state index in [1.165, 1.54) is 0 Å². The lowest BCUT2D eigenvalue weighted by Crippen LogP contribution is -2.67. The van der Waals surface area contributed by atoms with Crippen molar-refractivity contribution in [3.05, 3.63) is 0 Å². The van der Waals surface area contributed by atoms with Crippen LogP contribution in [0.25, 0.3) is 0 Å². The van der Waals surface area contributed by atoms with Crippen molar-refractivity contribution in [2.45, 2.75) is 67.3 Å². The Labute approximate surface area is 130 Å². The zero-order chi connectivity index (χ0) is 17.5. The first kappa shape index (κ1) is 18.9. The van der Waals surface area contributed by atoms with Crippen molar-refractivity contribution in [3.8, 4) is 0 Å². The Morgan fingerprint density at radius 2 is 1.04 bits per heavy atom. The minimum Gasteiger partial charge on any atom is -0.394 e. The second kappa shape index (κ2) is 7.21. The van der Waals surface area contributed by atoms with Gasteiger partial charge in [-0.05, 0) is 0 Å². The van der Waals surface area contributed by atoms with Gasteiger partial charge in [0.1, 0.15) is 61.0 Å². The van der Waals surface area contributed by atoms with Gasteiger partial charge in [0.05, 0.1) is 6.61 Å². The first-order valence-electron chi connectivity index (χ1n) is 7.07. The molecule has 0 amide bonds. The summed E-state index contributed by atoms with van der Waals surface area (Å²) >= 11 is 0. The Bertz CT molecular complexity index is 377. The summed E-state index contributed by atoms with van der Waals surface area (Å²) in [7, 11) is 0. The normalized spacial score (nSPS) is 54.9. The topological polar surface area (TPSA) is 201 Å². The van der Waals surface area contributed by atoms with Crippen LogP contribution in [0.15, 0.2) is 0 Å². The van der Waals surface area contributed by atoms with Gasteiger partial charge >= 0.3 is 0 Å². The molecule has 136 valence electrons. The first-order chi connectivity index (χ1) is 10.7. The zero-order valence-corrected chi connectivity index (χ0v) is 11.9. The van der Waals surface area contributed by atoms with Gasteiger partial charge in [-0.3, -0.25) is 0 Å². The monoisotopic (exact) mass is 342 g/mol. The molecule has 2 rings (SSSR count). The molecule has 1 saturated heterocycles. The van der Waals surface area contributed by atoms with E-state index in [0.717, 1.165) is 0 Å². The maximum absolute atomic E-state index is 9.85. The summed E-state index contributed by atoms with van der Waals surface area (Å²) in [4.78, 5) is 0. The minimum atomic E-state index is -1.83. The van der Waals surface area contributed by atoms with Crippen molar-refractivity contribution in [3.63, 3.8) is 0 Å². The Hall–Kier alpha value is -0.440. The molecule has 5 unspecified atom stereocenters. The van der Waals surface area contributed by atoms with E-state index >= 15 is 0 Å². The third kappa shape index (κ3) is 3.36. The number of ether oxygens (including phenoxy) is 2. The summed E-state index contributed by atoms with van der Waals surface area (Å²) in [6.45, 7) is -0.704. The van der Waals surface area contributed by atoms with Crippen LogP contribution in [0, 0.1) is 0 Å². The number of hydrogen-bond acceptors (Lipinski definition) is 11. The van der Waals surface area contributed by atoms with Crippen molar-refractivity contribution in [2.24, 2.45) is 0 Å². The molecule has 1 heterocycles. The van der Waals surface area contributed by atoms with Crippen molar-refractivity contribution in [1.82, 2.24) is 0 Å². The molecule has 23 heavy (non-hydrogen) atoms. The average molecular weight is 342 g/mol. The highest BCUT2D eigenvalue weighted by Gasteiger charge is 2.52. The quantitative estimate of drug-likeness (QED) is 0.236. The second-order valence-electron chi connectivity index (χ2n) is 5.75. The van der Waals surface area contributed by atoms with Crippen LogP contribution in [0.4, 0.5) is 0 Å². The molecule has 0 spiro atoms. The van der Waals surface area contributed by atoms with Gasteiger partial charge in [0.15, 0.2) is 6.29 Å². The molecule has 0 aromatic rings. The number of hydrogen-bond donors (Lipinski definition) is 9. The predicted octanol–water partition coefficient (Wildman–Crippen LogP) is -6.01. The molecule has 0 bridgehead atoms. The summed E-state index contributed by atoms with van der Waals surface area (Å²) in [5.74, 6) is 0. The number of aliphatic hydroxyl groups is 9. The highest BCUT2D eigenvalue weighted by molar-refractivity contribution is 5.00. The minimum absolute atomic E-state index is 0.704. The smallest absolute Gasteiger partial charge is 0.187 e. The molecule has 0 aromatic heterocycles. The standard InChI is InChI=1S/C12H22O11/c13-1-2-3(14)4(15)10(21)12(22-2)23-11-8(19)6(17)5(16)7(18)9(11)20/h2-21H,1H2/t2-,3-,4+,5?,6?,7?,8?,9?,10+,11?,12?/m1/s1. The van der Waals surface area contributed by atoms with E-state index in [1.54, 1.807) is 0 Å². The van der Waals surface area contributed by atoms with Gasteiger partial charge in [0.25, 0.3) is 0 Å². The molecule has 1 saturated carbocycles. The van der Waals surface area contributed by atoms with Gasteiger partial charge in [0.2, 0.25) is 0 Å². The van der Waals surface area contributed by atoms with Crippen LogP contribution in [0.1, 0.15) is 0 Å². The molecule has 11 heteroatoms. The fourth-order valence-corrected chi connectivity index (χ4v) is 2.69. The predicted molar refractivity (Wildman–Crippen MR) is 68.7 cm³/mol. The van der Waals surface area contributed by atoms with Gasteiger partial charge in [0, 0.05) is 0 Å². The van der Waals surface area contributed by atoms with Gasteiger partial charge in [-0.25, -0.2) is 0 Å². The van der Waals surface area contributed by atoms with Crippen LogP contribution in [-0.2, 0) is 9.47 Å². The zero-order valence-electron chi connectivity index (χ0n) is 11.9. The van der Waals surface area contributed by atoms with Crippen LogP contribution in [0.5, 0.6) is 0 Å². The molecule has 2 aliphatic rings. The van der Waals surface area contributed by atoms with Gasteiger partial charge in [-0.2, -0.15) is 0 Å². The maximum Gasteiger partial charge on any atom is 0.187 e. The van der Waals surface area contributed by atoms with E-state index in [9.17, 15) is 40.9 Å². The fourth-order valence-electron chi connectivity index (χ4n) is 2.69. The van der Waals surface area contributed by atoms with Gasteiger partial charge < -0.3 is 55.4 Å². The van der Waals surface area contributed by atoms with E-state index in [4.69, 9.17) is 14.6 Å². The van der Waals surface area contributed by atoms with Crippen LogP contribution in [-0.4, -0.2) is 120 Å². The molecule has 9 atom stereocenters. The highest BCUT2D eigenvalue weighted by atomic mass is 16.7. The first-order valence-corrected chi connectivity index (χ1v) is 7.07. The molecular weight excluding hydrogens is 320 g/mol. The molecule has 9 N–H and O–H groups in total. The summed E-state index contributed by atoms with van der Waals surface area (Å²) < 4.78 is 10.2. The van der Waals surface area contributed by atoms with Crippen LogP contribution < -0.4 is 0 Å². The van der Waals surface area contributed by atoms with Crippen molar-refractivity contribution >= 4 is 0 Å². The Kier molecular flexibility index (Phi) is 5.92. The number of rotatable bonds is 3. The van der Waals surface area contributed by atoms with E-state index in [-0.39, 0.29) is 0 Å². The van der Waals surface area contributed by atoms with Crippen LogP contribution in [0.3, 0.4) is 0 Å². The van der Waals surface area contributed by atoms with E-state index in [0.29, 0.717) is 0 Å². The maximum atomic E-state index is 9.85. The molecule has 0 radical (unpaired) electrons. The number of aliphatic hydroxyl groups excluding tert-OH is 9. The molecule has 1 aliphatic heterocycles. The molecule has 1 aliphatic carbocycles. The Morgan fingerprint density at radius 3 is 1.52 bits per heavy atom. The Morgan fingerprint density at radius 1 is 0.609 bits per heavy atom. The van der Waals surface area contributed by atoms with E-state index in [1.807, 2.05) is 0 Å². The lowest BCUT2D eigenvalue weighted by atomic mass is 9.84. The van der Waals surface area contributed by atoms with Crippen molar-refractivity contribution in [2.75, 3.05) is 6.61 Å². The SMILES string of the molecule is OC[C@H]1OC(OC2C(O)C(O)C(O)C(O)C2O)[C@@H](O)[C@@H](O)[C@@H]1O.